The number of thiazole rings is 1. The fourth-order valence-electron chi connectivity index (χ4n) is 4.98. The molecule has 40 heavy (non-hydrogen) atoms. The van der Waals surface area contributed by atoms with Crippen LogP contribution in [0.25, 0.3) is 0 Å². The Morgan fingerprint density at radius 2 is 1.68 bits per heavy atom. The molecule has 8 nitrogen and oxygen atoms in total. The van der Waals surface area contributed by atoms with E-state index >= 15 is 0 Å². The highest BCUT2D eigenvalue weighted by Crippen LogP contribution is 2.53. The van der Waals surface area contributed by atoms with Crippen molar-refractivity contribution in [2.45, 2.75) is 23.1 Å². The summed E-state index contributed by atoms with van der Waals surface area (Å²) in [5, 5.41) is 2.56. The molecular weight excluding hydrogens is 553 g/mol. The van der Waals surface area contributed by atoms with Crippen molar-refractivity contribution in [3.63, 3.8) is 0 Å². The third-order valence-electron chi connectivity index (χ3n) is 6.85. The Hall–Kier alpha value is -4.22. The van der Waals surface area contributed by atoms with Crippen LogP contribution in [0.5, 0.6) is 5.75 Å². The summed E-state index contributed by atoms with van der Waals surface area (Å²) in [5.41, 5.74) is 2.74. The molecule has 2 aliphatic rings. The fraction of sp³-hybridized carbons (Fsp3) is 0.172. The summed E-state index contributed by atoms with van der Waals surface area (Å²) in [6, 6.07) is 19.6. The van der Waals surface area contributed by atoms with Gasteiger partial charge in [-0.15, -0.1) is 0 Å². The number of ether oxygens (including phenoxy) is 1. The first kappa shape index (κ1) is 26.0. The Kier molecular flexibility index (Phi) is 6.77. The Bertz CT molecular complexity index is 1670. The van der Waals surface area contributed by atoms with E-state index in [9.17, 15) is 23.6 Å². The molecule has 11 heteroatoms. The largest absolute Gasteiger partial charge is 0.484 e. The first-order valence-electron chi connectivity index (χ1n) is 12.4. The van der Waals surface area contributed by atoms with Crippen LogP contribution in [0.3, 0.4) is 0 Å². The van der Waals surface area contributed by atoms with Crippen LogP contribution < -0.4 is 19.8 Å². The molecule has 3 amide bonds. The number of aromatic nitrogens is 1. The number of aryl methyl sites for hydroxylation is 1. The molecule has 1 aromatic heterocycles. The number of H-pyrrole nitrogens is 1. The molecule has 0 spiro atoms. The van der Waals surface area contributed by atoms with Crippen LogP contribution in [0.2, 0.25) is 0 Å². The average molecular weight is 576 g/mol. The number of halogens is 1. The second kappa shape index (κ2) is 10.4. The Morgan fingerprint density at radius 1 is 0.975 bits per heavy atom. The van der Waals surface area contributed by atoms with Crippen LogP contribution in [0, 0.1) is 18.7 Å². The first-order valence-corrected chi connectivity index (χ1v) is 14.1. The van der Waals surface area contributed by atoms with Gasteiger partial charge in [0.15, 0.2) is 6.61 Å². The van der Waals surface area contributed by atoms with Crippen LogP contribution in [0.4, 0.5) is 15.8 Å². The molecule has 202 valence electrons. The van der Waals surface area contributed by atoms with Gasteiger partial charge in [-0.05, 0) is 61.0 Å². The first-order chi connectivity index (χ1) is 19.3. The summed E-state index contributed by atoms with van der Waals surface area (Å²) >= 11 is 2.27. The Labute approximate surface area is 236 Å². The monoisotopic (exact) mass is 575 g/mol. The van der Waals surface area contributed by atoms with Gasteiger partial charge in [-0.3, -0.25) is 19.2 Å². The van der Waals surface area contributed by atoms with Crippen molar-refractivity contribution in [3.05, 3.63) is 104 Å². The van der Waals surface area contributed by atoms with E-state index in [2.05, 4.69) is 10.3 Å². The molecule has 2 aliphatic heterocycles. The van der Waals surface area contributed by atoms with Crippen LogP contribution in [-0.2, 0) is 14.4 Å². The van der Waals surface area contributed by atoms with Crippen LogP contribution >= 0.6 is 23.1 Å². The quantitative estimate of drug-likeness (QED) is 0.323. The molecule has 0 aliphatic carbocycles. The number of nitrogens with one attached hydrogen (secondary N) is 2. The van der Waals surface area contributed by atoms with Crippen molar-refractivity contribution in [2.75, 3.05) is 16.8 Å². The second-order valence-electron chi connectivity index (χ2n) is 9.51. The Morgan fingerprint density at radius 3 is 2.38 bits per heavy atom. The summed E-state index contributed by atoms with van der Waals surface area (Å²) in [4.78, 5) is 56.3. The number of amides is 3. The van der Waals surface area contributed by atoms with Crippen molar-refractivity contribution in [1.82, 2.24) is 4.98 Å². The third-order valence-corrected chi connectivity index (χ3v) is 9.25. The van der Waals surface area contributed by atoms with Gasteiger partial charge < -0.3 is 15.0 Å². The summed E-state index contributed by atoms with van der Waals surface area (Å²) in [6.07, 6.45) is 0. The molecule has 3 aromatic carbocycles. The van der Waals surface area contributed by atoms with E-state index in [1.54, 1.807) is 36.4 Å². The molecule has 0 radical (unpaired) electrons. The molecule has 1 fully saturated rings. The van der Waals surface area contributed by atoms with Gasteiger partial charge in [-0.25, -0.2) is 9.29 Å². The molecular formula is C29H22FN3O5S2. The van der Waals surface area contributed by atoms with Crippen LogP contribution in [-0.4, -0.2) is 34.6 Å². The number of hydrogen-bond donors (Lipinski definition) is 2. The maximum Gasteiger partial charge on any atom is 0.305 e. The number of aromatic amines is 1. The highest BCUT2D eigenvalue weighted by Gasteiger charge is 2.56. The number of benzene rings is 3. The number of thioether (sulfide) groups is 1. The highest BCUT2D eigenvalue weighted by atomic mass is 32.2. The number of fused-ring (bicyclic) bond motifs is 2. The Balaban J connectivity index is 1.24. The number of anilines is 2. The average Bonchev–Trinajstić information content (AvgIpc) is 3.44. The van der Waals surface area contributed by atoms with Gasteiger partial charge in [-0.1, -0.05) is 52.9 Å². The number of carbonyl (C=O) groups excluding carboxylic acids is 3. The van der Waals surface area contributed by atoms with E-state index < -0.39 is 28.8 Å². The van der Waals surface area contributed by atoms with Gasteiger partial charge in [0.25, 0.3) is 5.91 Å². The number of nitrogens with zero attached hydrogens (tertiary/aromatic N) is 1. The molecule has 3 unspecified atom stereocenters. The van der Waals surface area contributed by atoms with Crippen molar-refractivity contribution >= 4 is 52.2 Å². The normalized spacial score (nSPS) is 19.8. The molecule has 0 bridgehead atoms. The number of rotatable bonds is 6. The highest BCUT2D eigenvalue weighted by molar-refractivity contribution is 8.00. The van der Waals surface area contributed by atoms with E-state index in [-0.39, 0.29) is 23.3 Å². The lowest BCUT2D eigenvalue weighted by Gasteiger charge is -2.29. The van der Waals surface area contributed by atoms with E-state index in [0.717, 1.165) is 27.3 Å². The van der Waals surface area contributed by atoms with Crippen molar-refractivity contribution in [1.29, 1.82) is 0 Å². The van der Waals surface area contributed by atoms with Gasteiger partial charge in [0.1, 0.15) is 16.8 Å². The maximum atomic E-state index is 13.8. The lowest BCUT2D eigenvalue weighted by atomic mass is 9.83. The summed E-state index contributed by atoms with van der Waals surface area (Å²) in [5.74, 6) is -2.19. The summed E-state index contributed by atoms with van der Waals surface area (Å²) in [6.45, 7) is 1.67. The molecule has 1 saturated heterocycles. The van der Waals surface area contributed by atoms with Crippen LogP contribution in [0.1, 0.15) is 21.9 Å². The molecule has 3 heterocycles. The van der Waals surface area contributed by atoms with E-state index in [0.29, 0.717) is 22.2 Å². The minimum atomic E-state index is -0.689. The summed E-state index contributed by atoms with van der Waals surface area (Å²) < 4.78 is 18.7. The van der Waals surface area contributed by atoms with Crippen LogP contribution in [0.15, 0.2) is 82.6 Å². The molecule has 0 saturated carbocycles. The third kappa shape index (κ3) is 4.82. The number of imide groups is 1. The van der Waals surface area contributed by atoms with Crippen molar-refractivity contribution in [3.8, 4) is 5.75 Å². The van der Waals surface area contributed by atoms with E-state index in [4.69, 9.17) is 4.74 Å². The fourth-order valence-corrected chi connectivity index (χ4v) is 7.49. The zero-order valence-corrected chi connectivity index (χ0v) is 22.7. The topological polar surface area (TPSA) is 109 Å². The lowest BCUT2D eigenvalue weighted by molar-refractivity contribution is -0.122. The SMILES string of the molecule is Cc1ccc(N2C(=O)C3Sc4[nH]c(=O)sc4C(c4ccc(OCC(=O)Nc5ccc(F)cc5)cc4)C3C2=O)cc1. The molecule has 6 rings (SSSR count). The predicted octanol–water partition coefficient (Wildman–Crippen LogP) is 4.70. The maximum absolute atomic E-state index is 13.8. The molecule has 3 atom stereocenters. The smallest absolute Gasteiger partial charge is 0.305 e. The van der Waals surface area contributed by atoms with Gasteiger partial charge in [0.05, 0.1) is 16.6 Å². The standard InChI is InChI=1S/C29H22FN3O5S2/c1-15-2-10-19(11-3-15)33-27(35)23-22(24-26(32-29(37)40-24)39-25(23)28(33)36)16-4-12-20(13-5-16)38-14-21(34)31-18-8-6-17(30)7-9-18/h2-13,22-23,25H,14H2,1H3,(H,31,34)(H,32,37). The zero-order chi connectivity index (χ0) is 28.0. The summed E-state index contributed by atoms with van der Waals surface area (Å²) in [7, 11) is 0. The van der Waals surface area contributed by atoms with Gasteiger partial charge in [0, 0.05) is 16.5 Å². The van der Waals surface area contributed by atoms with Crippen molar-refractivity contribution in [2.24, 2.45) is 5.92 Å². The van der Waals surface area contributed by atoms with Gasteiger partial charge in [-0.2, -0.15) is 0 Å². The lowest BCUT2D eigenvalue weighted by Crippen LogP contribution is -2.32. The number of hydrogen-bond acceptors (Lipinski definition) is 7. The number of carbonyl (C=O) groups is 3. The van der Waals surface area contributed by atoms with Crippen molar-refractivity contribution < 1.29 is 23.5 Å². The minimum Gasteiger partial charge on any atom is -0.484 e. The molecule has 2 N–H and O–H groups in total. The van der Waals surface area contributed by atoms with E-state index in [1.807, 2.05) is 19.1 Å². The molecule has 4 aromatic rings. The second-order valence-corrected chi connectivity index (χ2v) is 11.7. The zero-order valence-electron chi connectivity index (χ0n) is 21.1. The van der Waals surface area contributed by atoms with E-state index in [1.165, 1.54) is 40.9 Å². The van der Waals surface area contributed by atoms with Gasteiger partial charge >= 0.3 is 4.87 Å². The van der Waals surface area contributed by atoms with Gasteiger partial charge in [0.2, 0.25) is 11.8 Å². The minimum absolute atomic E-state index is 0.245. The predicted molar refractivity (Wildman–Crippen MR) is 151 cm³/mol.